The molecule has 3 aromatic rings. The molecule has 162 valence electrons. The number of nitrogens with zero attached hydrogens (tertiary/aromatic N) is 1. The highest BCUT2D eigenvalue weighted by Gasteiger charge is 2.43. The van der Waals surface area contributed by atoms with Crippen molar-refractivity contribution in [2.45, 2.75) is 24.0 Å². The van der Waals surface area contributed by atoms with Gasteiger partial charge < -0.3 is 9.84 Å². The van der Waals surface area contributed by atoms with E-state index in [2.05, 4.69) is 10.2 Å². The van der Waals surface area contributed by atoms with Gasteiger partial charge in [-0.15, -0.1) is 0 Å². The lowest BCUT2D eigenvalue weighted by molar-refractivity contribution is -0.133. The summed E-state index contributed by atoms with van der Waals surface area (Å²) in [5, 5.41) is 14.1. The Hall–Kier alpha value is -3.41. The third-order valence-electron chi connectivity index (χ3n) is 5.08. The molecule has 1 amide bonds. The van der Waals surface area contributed by atoms with E-state index in [9.17, 15) is 18.0 Å². The average Bonchev–Trinajstić information content (AvgIpc) is 3.18. The summed E-state index contributed by atoms with van der Waals surface area (Å²) in [4.78, 5) is 24.4. The van der Waals surface area contributed by atoms with Crippen molar-refractivity contribution in [1.29, 1.82) is 0 Å². The van der Waals surface area contributed by atoms with Crippen LogP contribution in [0, 0.1) is 0 Å². The Morgan fingerprint density at radius 2 is 1.84 bits per heavy atom. The monoisotopic (exact) mass is 444 g/mol. The average molecular weight is 444 g/mol. The first-order valence-electron chi connectivity index (χ1n) is 9.44. The number of hydroxylamine groups is 1. The first kappa shape index (κ1) is 20.8. The lowest BCUT2D eigenvalue weighted by Crippen LogP contribution is -2.47. The van der Waals surface area contributed by atoms with Gasteiger partial charge in [0, 0.05) is 18.7 Å². The summed E-state index contributed by atoms with van der Waals surface area (Å²) in [7, 11) is -4.15. The Morgan fingerprint density at radius 1 is 1.13 bits per heavy atom. The maximum absolute atomic E-state index is 13.3. The largest absolute Gasteiger partial charge is 0.489 e. The van der Waals surface area contributed by atoms with Crippen LogP contribution < -0.4 is 15.8 Å². The van der Waals surface area contributed by atoms with Crippen molar-refractivity contribution < 1.29 is 23.2 Å². The third kappa shape index (κ3) is 3.98. The zero-order chi connectivity index (χ0) is 22.0. The molecule has 4 N–H and O–H groups in total. The zero-order valence-corrected chi connectivity index (χ0v) is 17.1. The summed E-state index contributed by atoms with van der Waals surface area (Å²) < 4.78 is 33.1. The molecule has 0 fully saturated rings. The Balaban J connectivity index is 1.59. The highest BCUT2D eigenvalue weighted by molar-refractivity contribution is 7.89. The second-order valence-electron chi connectivity index (χ2n) is 6.96. The quantitative estimate of drug-likeness (QED) is 0.331. The molecule has 31 heavy (non-hydrogen) atoms. The summed E-state index contributed by atoms with van der Waals surface area (Å²) in [6.07, 6.45) is 0.209. The molecule has 10 nitrogen and oxygen atoms in total. The number of carbonyl (C=O) groups excluding carboxylic acids is 1. The van der Waals surface area contributed by atoms with Crippen LogP contribution in [0.25, 0.3) is 0 Å². The van der Waals surface area contributed by atoms with Gasteiger partial charge in [0.1, 0.15) is 18.4 Å². The molecule has 0 spiro atoms. The van der Waals surface area contributed by atoms with Crippen LogP contribution in [0.3, 0.4) is 0 Å². The first-order chi connectivity index (χ1) is 14.9. The smallest absolute Gasteiger partial charge is 0.269 e. The molecule has 2 aromatic carbocycles. The fourth-order valence-corrected chi connectivity index (χ4v) is 5.11. The molecule has 1 aromatic heterocycles. The number of benzene rings is 2. The highest BCUT2D eigenvalue weighted by Crippen LogP contribution is 2.32. The predicted octanol–water partition coefficient (Wildman–Crippen LogP) is 1.08. The van der Waals surface area contributed by atoms with Gasteiger partial charge in [-0.25, -0.2) is 13.9 Å². The van der Waals surface area contributed by atoms with Gasteiger partial charge in [0.25, 0.3) is 11.5 Å². The summed E-state index contributed by atoms with van der Waals surface area (Å²) in [6.45, 7) is 0.282. The van der Waals surface area contributed by atoms with E-state index in [0.717, 1.165) is 9.87 Å². The third-order valence-corrected chi connectivity index (χ3v) is 6.96. The van der Waals surface area contributed by atoms with E-state index in [1.807, 2.05) is 30.3 Å². The minimum atomic E-state index is -4.15. The van der Waals surface area contributed by atoms with Crippen LogP contribution in [0.4, 0.5) is 0 Å². The minimum Gasteiger partial charge on any atom is -0.489 e. The first-order valence-corrected chi connectivity index (χ1v) is 10.9. The Labute approximate surface area is 177 Å². The minimum absolute atomic E-state index is 0.0378. The number of ether oxygens (including phenoxy) is 1. The molecule has 0 radical (unpaired) electrons. The molecule has 1 aliphatic heterocycles. The maximum Gasteiger partial charge on any atom is 0.269 e. The van der Waals surface area contributed by atoms with Gasteiger partial charge >= 0.3 is 0 Å². The molecule has 1 atom stereocenters. The van der Waals surface area contributed by atoms with Crippen molar-refractivity contribution in [3.8, 4) is 5.75 Å². The molecule has 1 aliphatic rings. The van der Waals surface area contributed by atoms with Gasteiger partial charge in [0.05, 0.1) is 10.5 Å². The SMILES string of the molecule is O=C(NO)C1c2c([nH][nH]c2=O)CCN1S(=O)(=O)c1ccc(OCc2ccccc2)cc1. The van der Waals surface area contributed by atoms with E-state index < -0.39 is 27.5 Å². The van der Waals surface area contributed by atoms with Crippen LogP contribution >= 0.6 is 0 Å². The number of aromatic nitrogens is 2. The van der Waals surface area contributed by atoms with E-state index in [4.69, 9.17) is 9.94 Å². The van der Waals surface area contributed by atoms with Crippen molar-refractivity contribution in [3.05, 3.63) is 81.8 Å². The number of hydrogen-bond donors (Lipinski definition) is 4. The fourth-order valence-electron chi connectivity index (χ4n) is 3.55. The van der Waals surface area contributed by atoms with Crippen LogP contribution in [0.5, 0.6) is 5.75 Å². The second-order valence-corrected chi connectivity index (χ2v) is 8.85. The fraction of sp³-hybridized carbons (Fsp3) is 0.200. The number of nitrogens with one attached hydrogen (secondary N) is 3. The molecule has 1 unspecified atom stereocenters. The van der Waals surface area contributed by atoms with Crippen molar-refractivity contribution in [2.75, 3.05) is 6.54 Å². The van der Waals surface area contributed by atoms with E-state index in [1.165, 1.54) is 29.7 Å². The van der Waals surface area contributed by atoms with Crippen LogP contribution in [-0.4, -0.2) is 40.6 Å². The van der Waals surface area contributed by atoms with Gasteiger partial charge in [-0.05, 0) is 29.8 Å². The topological polar surface area (TPSA) is 145 Å². The molecule has 0 saturated carbocycles. The number of sulfonamides is 1. The molecule has 0 aliphatic carbocycles. The summed E-state index contributed by atoms with van der Waals surface area (Å²) in [6, 6.07) is 13.8. The normalized spacial score (nSPS) is 16.5. The van der Waals surface area contributed by atoms with Crippen LogP contribution in [-0.2, 0) is 27.8 Å². The van der Waals surface area contributed by atoms with Gasteiger partial charge in [-0.1, -0.05) is 30.3 Å². The van der Waals surface area contributed by atoms with Gasteiger partial charge in [0.2, 0.25) is 10.0 Å². The van der Waals surface area contributed by atoms with Crippen LogP contribution in [0.2, 0.25) is 0 Å². The highest BCUT2D eigenvalue weighted by atomic mass is 32.2. The van der Waals surface area contributed by atoms with E-state index in [0.29, 0.717) is 18.1 Å². The number of amides is 1. The molecular weight excluding hydrogens is 424 g/mol. The summed E-state index contributed by atoms with van der Waals surface area (Å²) in [5.41, 5.74) is 2.20. The second kappa shape index (κ2) is 8.38. The van der Waals surface area contributed by atoms with Gasteiger partial charge in [-0.3, -0.25) is 19.9 Å². The Morgan fingerprint density at radius 3 is 2.52 bits per heavy atom. The van der Waals surface area contributed by atoms with Gasteiger partial charge in [-0.2, -0.15) is 4.31 Å². The zero-order valence-electron chi connectivity index (χ0n) is 16.2. The number of hydrogen-bond acceptors (Lipinski definition) is 6. The van der Waals surface area contributed by atoms with E-state index in [1.54, 1.807) is 0 Å². The number of rotatable bonds is 6. The lowest BCUT2D eigenvalue weighted by Gasteiger charge is -2.32. The predicted molar refractivity (Wildman–Crippen MR) is 109 cm³/mol. The number of H-pyrrole nitrogens is 2. The van der Waals surface area contributed by atoms with Crippen molar-refractivity contribution in [2.24, 2.45) is 0 Å². The molecule has 2 heterocycles. The number of carbonyl (C=O) groups is 1. The molecule has 11 heteroatoms. The molecule has 4 rings (SSSR count). The van der Waals surface area contributed by atoms with E-state index >= 15 is 0 Å². The van der Waals surface area contributed by atoms with Crippen LogP contribution in [0.1, 0.15) is 22.9 Å². The lowest BCUT2D eigenvalue weighted by atomic mass is 10.0. The van der Waals surface area contributed by atoms with Crippen molar-refractivity contribution in [3.63, 3.8) is 0 Å². The Bertz CT molecular complexity index is 1230. The number of fused-ring (bicyclic) bond motifs is 1. The van der Waals surface area contributed by atoms with Crippen molar-refractivity contribution in [1.82, 2.24) is 20.0 Å². The summed E-state index contributed by atoms with van der Waals surface area (Å²) >= 11 is 0. The summed E-state index contributed by atoms with van der Waals surface area (Å²) in [5.74, 6) is -0.534. The standard InChI is InChI=1S/C20H20N4O6S/c25-19-17-16(21-22-19)10-11-24(18(17)20(26)23-27)31(28,29)15-8-6-14(7-9-15)30-12-13-4-2-1-3-5-13/h1-9,18,27H,10-12H2,(H,23,26)(H2,21,22,25). The van der Waals surface area contributed by atoms with Crippen molar-refractivity contribution >= 4 is 15.9 Å². The molecular formula is C20H20N4O6S. The maximum atomic E-state index is 13.3. The molecule has 0 bridgehead atoms. The van der Waals surface area contributed by atoms with Gasteiger partial charge in [0.15, 0.2) is 0 Å². The Kier molecular flexibility index (Phi) is 5.63. The molecule has 0 saturated heterocycles. The number of aromatic amines is 2. The van der Waals surface area contributed by atoms with Crippen LogP contribution in [0.15, 0.2) is 64.3 Å². The van der Waals surface area contributed by atoms with E-state index in [-0.39, 0.29) is 23.4 Å².